The summed E-state index contributed by atoms with van der Waals surface area (Å²) in [4.78, 5) is 4.04. The number of nitriles is 1. The molecule has 0 spiro atoms. The molecule has 84 valence electrons. The molecule has 3 nitrogen and oxygen atoms in total. The lowest BCUT2D eigenvalue weighted by atomic mass is 10.2. The fourth-order valence-electron chi connectivity index (χ4n) is 1.49. The molecule has 1 aromatic heterocycles. The standard InChI is InChI=1S/C14H12N2O/c15-10-13-3-1-5-14(9-13)17-8-6-12-4-2-7-16-11-12/h1-5,7,9,11H,6,8H2. The highest BCUT2D eigenvalue weighted by atomic mass is 16.5. The monoisotopic (exact) mass is 224 g/mol. The molecular formula is C14H12N2O. The van der Waals surface area contributed by atoms with Gasteiger partial charge < -0.3 is 4.74 Å². The van der Waals surface area contributed by atoms with Gasteiger partial charge >= 0.3 is 0 Å². The van der Waals surface area contributed by atoms with E-state index in [1.807, 2.05) is 30.5 Å². The number of benzene rings is 1. The summed E-state index contributed by atoms with van der Waals surface area (Å²) in [5.74, 6) is 0.730. The van der Waals surface area contributed by atoms with Crippen molar-refractivity contribution in [1.29, 1.82) is 5.26 Å². The van der Waals surface area contributed by atoms with Gasteiger partial charge in [0, 0.05) is 18.8 Å². The molecule has 0 saturated heterocycles. The highest BCUT2D eigenvalue weighted by Gasteiger charge is 1.97. The van der Waals surface area contributed by atoms with Crippen molar-refractivity contribution < 1.29 is 4.74 Å². The summed E-state index contributed by atoms with van der Waals surface area (Å²) in [6.07, 6.45) is 4.39. The first kappa shape index (κ1) is 11.2. The Morgan fingerprint density at radius 1 is 1.24 bits per heavy atom. The first-order chi connectivity index (χ1) is 8.38. The molecule has 2 aromatic rings. The van der Waals surface area contributed by atoms with Crippen LogP contribution in [0.25, 0.3) is 0 Å². The minimum atomic E-state index is 0.584. The van der Waals surface area contributed by atoms with Gasteiger partial charge in [-0.15, -0.1) is 0 Å². The van der Waals surface area contributed by atoms with Crippen LogP contribution in [-0.2, 0) is 6.42 Å². The van der Waals surface area contributed by atoms with Crippen molar-refractivity contribution in [3.63, 3.8) is 0 Å². The van der Waals surface area contributed by atoms with E-state index in [9.17, 15) is 0 Å². The average Bonchev–Trinajstić information content (AvgIpc) is 2.40. The molecule has 0 N–H and O–H groups in total. The molecule has 0 aliphatic carbocycles. The third-order valence-corrected chi connectivity index (χ3v) is 2.35. The molecule has 3 heteroatoms. The van der Waals surface area contributed by atoms with E-state index in [-0.39, 0.29) is 0 Å². The molecule has 1 aromatic carbocycles. The van der Waals surface area contributed by atoms with E-state index in [0.29, 0.717) is 12.2 Å². The van der Waals surface area contributed by atoms with Crippen molar-refractivity contribution in [2.45, 2.75) is 6.42 Å². The Bertz CT molecular complexity index is 517. The van der Waals surface area contributed by atoms with Gasteiger partial charge in [0.1, 0.15) is 5.75 Å². The van der Waals surface area contributed by atoms with Gasteiger partial charge in [0.15, 0.2) is 0 Å². The summed E-state index contributed by atoms with van der Waals surface area (Å²) in [5, 5.41) is 8.75. The maximum Gasteiger partial charge on any atom is 0.120 e. The summed E-state index contributed by atoms with van der Waals surface area (Å²) in [6.45, 7) is 0.584. The number of hydrogen-bond donors (Lipinski definition) is 0. The van der Waals surface area contributed by atoms with Gasteiger partial charge in [0.25, 0.3) is 0 Å². The smallest absolute Gasteiger partial charge is 0.120 e. The lowest BCUT2D eigenvalue weighted by Crippen LogP contribution is -2.01. The fourth-order valence-corrected chi connectivity index (χ4v) is 1.49. The van der Waals surface area contributed by atoms with Crippen LogP contribution in [0, 0.1) is 11.3 Å². The second-order valence-electron chi connectivity index (χ2n) is 3.60. The zero-order chi connectivity index (χ0) is 11.9. The van der Waals surface area contributed by atoms with E-state index in [0.717, 1.165) is 17.7 Å². The highest BCUT2D eigenvalue weighted by molar-refractivity contribution is 5.36. The van der Waals surface area contributed by atoms with E-state index in [4.69, 9.17) is 10.00 Å². The lowest BCUT2D eigenvalue weighted by molar-refractivity contribution is 0.322. The van der Waals surface area contributed by atoms with E-state index in [1.54, 1.807) is 18.3 Å². The molecule has 0 unspecified atom stereocenters. The second-order valence-corrected chi connectivity index (χ2v) is 3.60. The maximum absolute atomic E-state index is 8.75. The third-order valence-electron chi connectivity index (χ3n) is 2.35. The predicted molar refractivity (Wildman–Crippen MR) is 64.6 cm³/mol. The molecule has 0 radical (unpaired) electrons. The molecule has 1 heterocycles. The summed E-state index contributed by atoms with van der Waals surface area (Å²) < 4.78 is 5.57. The summed E-state index contributed by atoms with van der Waals surface area (Å²) in [6, 6.07) is 13.2. The van der Waals surface area contributed by atoms with Crippen LogP contribution in [-0.4, -0.2) is 11.6 Å². The summed E-state index contributed by atoms with van der Waals surface area (Å²) >= 11 is 0. The number of rotatable bonds is 4. The van der Waals surface area contributed by atoms with Crippen molar-refractivity contribution in [1.82, 2.24) is 4.98 Å². The Hall–Kier alpha value is -2.34. The van der Waals surface area contributed by atoms with E-state index in [1.165, 1.54) is 0 Å². The average molecular weight is 224 g/mol. The Balaban J connectivity index is 1.88. The predicted octanol–water partition coefficient (Wildman–Crippen LogP) is 2.57. The topological polar surface area (TPSA) is 45.9 Å². The van der Waals surface area contributed by atoms with Crippen LogP contribution in [0.3, 0.4) is 0 Å². The molecule has 0 saturated carbocycles. The van der Waals surface area contributed by atoms with Gasteiger partial charge in [0.05, 0.1) is 18.2 Å². The second kappa shape index (κ2) is 5.66. The van der Waals surface area contributed by atoms with Gasteiger partial charge in [-0.3, -0.25) is 4.98 Å². The Morgan fingerprint density at radius 2 is 2.18 bits per heavy atom. The fraction of sp³-hybridized carbons (Fsp3) is 0.143. The van der Waals surface area contributed by atoms with E-state index >= 15 is 0 Å². The van der Waals surface area contributed by atoms with Crippen LogP contribution in [0.2, 0.25) is 0 Å². The van der Waals surface area contributed by atoms with Crippen LogP contribution in [0.4, 0.5) is 0 Å². The van der Waals surface area contributed by atoms with Crippen LogP contribution >= 0.6 is 0 Å². The molecule has 0 aliphatic heterocycles. The number of hydrogen-bond acceptors (Lipinski definition) is 3. The minimum Gasteiger partial charge on any atom is -0.493 e. The number of pyridine rings is 1. The Labute approximate surface area is 100 Å². The molecule has 0 fully saturated rings. The molecule has 0 aliphatic rings. The van der Waals surface area contributed by atoms with Crippen molar-refractivity contribution >= 4 is 0 Å². The largest absolute Gasteiger partial charge is 0.493 e. The SMILES string of the molecule is N#Cc1cccc(OCCc2cccnc2)c1. The zero-order valence-corrected chi connectivity index (χ0v) is 9.34. The normalized spacial score (nSPS) is 9.59. The van der Waals surface area contributed by atoms with Gasteiger partial charge in [-0.05, 0) is 29.8 Å². The molecule has 0 amide bonds. The van der Waals surface area contributed by atoms with Crippen LogP contribution in [0.5, 0.6) is 5.75 Å². The van der Waals surface area contributed by atoms with Crippen molar-refractivity contribution in [3.05, 3.63) is 59.9 Å². The Morgan fingerprint density at radius 3 is 2.94 bits per heavy atom. The quantitative estimate of drug-likeness (QED) is 0.801. The molecule has 2 rings (SSSR count). The maximum atomic E-state index is 8.75. The highest BCUT2D eigenvalue weighted by Crippen LogP contribution is 2.12. The van der Waals surface area contributed by atoms with Crippen LogP contribution < -0.4 is 4.74 Å². The van der Waals surface area contributed by atoms with Crippen LogP contribution in [0.1, 0.15) is 11.1 Å². The van der Waals surface area contributed by atoms with Crippen molar-refractivity contribution in [2.24, 2.45) is 0 Å². The minimum absolute atomic E-state index is 0.584. The van der Waals surface area contributed by atoms with Gasteiger partial charge in [-0.2, -0.15) is 5.26 Å². The molecule has 17 heavy (non-hydrogen) atoms. The van der Waals surface area contributed by atoms with Crippen molar-refractivity contribution in [2.75, 3.05) is 6.61 Å². The third kappa shape index (κ3) is 3.32. The van der Waals surface area contributed by atoms with Gasteiger partial charge in [-0.25, -0.2) is 0 Å². The number of aromatic nitrogens is 1. The lowest BCUT2D eigenvalue weighted by Gasteiger charge is -2.05. The van der Waals surface area contributed by atoms with E-state index in [2.05, 4.69) is 11.1 Å². The van der Waals surface area contributed by atoms with Crippen molar-refractivity contribution in [3.8, 4) is 11.8 Å². The summed E-state index contributed by atoms with van der Waals surface area (Å²) in [7, 11) is 0. The molecule has 0 bridgehead atoms. The Kier molecular flexibility index (Phi) is 3.72. The van der Waals surface area contributed by atoms with Gasteiger partial charge in [0.2, 0.25) is 0 Å². The zero-order valence-electron chi connectivity index (χ0n) is 9.34. The number of nitrogens with zero attached hydrogens (tertiary/aromatic N) is 2. The molecule has 0 atom stereocenters. The molecular weight excluding hydrogens is 212 g/mol. The van der Waals surface area contributed by atoms with Crippen LogP contribution in [0.15, 0.2) is 48.8 Å². The summed E-state index contributed by atoms with van der Waals surface area (Å²) in [5.41, 5.74) is 1.76. The first-order valence-electron chi connectivity index (χ1n) is 5.40. The first-order valence-corrected chi connectivity index (χ1v) is 5.40. The van der Waals surface area contributed by atoms with Gasteiger partial charge in [-0.1, -0.05) is 12.1 Å². The number of ether oxygens (including phenoxy) is 1. The van der Waals surface area contributed by atoms with E-state index < -0.39 is 0 Å².